The van der Waals surface area contributed by atoms with Gasteiger partial charge in [-0.3, -0.25) is 10.1 Å². The molecule has 2 aromatic carbocycles. The summed E-state index contributed by atoms with van der Waals surface area (Å²) in [5.41, 5.74) is 0.481. The number of nitrogens with zero attached hydrogens (tertiary/aromatic N) is 1. The molecule has 0 saturated heterocycles. The van der Waals surface area contributed by atoms with E-state index in [2.05, 4.69) is 15.9 Å². The maximum atomic E-state index is 12.9. The summed E-state index contributed by atoms with van der Waals surface area (Å²) in [4.78, 5) is 22.3. The highest BCUT2D eigenvalue weighted by atomic mass is 79.9. The second kappa shape index (κ2) is 6.65. The standard InChI is InChI=1S/C15H11BrFNO4/c1-9(10-2-5-12(17)6-3-10)22-15(19)11-4-7-13(16)14(8-11)18(20)21/h2-9H,1H3. The van der Waals surface area contributed by atoms with Crippen LogP contribution >= 0.6 is 15.9 Å². The lowest BCUT2D eigenvalue weighted by Crippen LogP contribution is -2.09. The number of carbonyl (C=O) groups is 1. The highest BCUT2D eigenvalue weighted by Crippen LogP contribution is 2.27. The van der Waals surface area contributed by atoms with Crippen molar-refractivity contribution in [2.45, 2.75) is 13.0 Å². The van der Waals surface area contributed by atoms with E-state index in [1.165, 1.54) is 36.4 Å². The highest BCUT2D eigenvalue weighted by molar-refractivity contribution is 9.10. The van der Waals surface area contributed by atoms with Gasteiger partial charge >= 0.3 is 5.97 Å². The predicted molar refractivity (Wildman–Crippen MR) is 81.0 cm³/mol. The van der Waals surface area contributed by atoms with Crippen LogP contribution in [0.3, 0.4) is 0 Å². The van der Waals surface area contributed by atoms with E-state index in [1.807, 2.05) is 0 Å². The van der Waals surface area contributed by atoms with Gasteiger partial charge in [-0.2, -0.15) is 0 Å². The third-order valence-electron chi connectivity index (χ3n) is 3.00. The average molecular weight is 368 g/mol. The number of rotatable bonds is 4. The number of nitro benzene ring substituents is 1. The summed E-state index contributed by atoms with van der Waals surface area (Å²) < 4.78 is 18.4. The molecule has 0 amide bonds. The number of esters is 1. The number of halogens is 2. The Balaban J connectivity index is 2.16. The second-order valence-corrected chi connectivity index (χ2v) is 5.38. The third kappa shape index (κ3) is 3.67. The first kappa shape index (κ1) is 16.1. The van der Waals surface area contributed by atoms with Crippen molar-refractivity contribution in [3.63, 3.8) is 0 Å². The van der Waals surface area contributed by atoms with Crippen molar-refractivity contribution >= 4 is 27.6 Å². The first-order valence-corrected chi connectivity index (χ1v) is 7.08. The monoisotopic (exact) mass is 367 g/mol. The molecule has 0 radical (unpaired) electrons. The predicted octanol–water partition coefficient (Wildman–Crippen LogP) is 4.41. The molecule has 7 heteroatoms. The van der Waals surface area contributed by atoms with E-state index in [9.17, 15) is 19.3 Å². The zero-order valence-electron chi connectivity index (χ0n) is 11.5. The molecule has 0 N–H and O–H groups in total. The SMILES string of the molecule is CC(OC(=O)c1ccc(Br)c([N+](=O)[O-])c1)c1ccc(F)cc1. The molecule has 0 aromatic heterocycles. The molecule has 0 bridgehead atoms. The quantitative estimate of drug-likeness (QED) is 0.455. The summed E-state index contributed by atoms with van der Waals surface area (Å²) in [6.07, 6.45) is -0.601. The zero-order valence-corrected chi connectivity index (χ0v) is 13.0. The first-order chi connectivity index (χ1) is 10.4. The van der Waals surface area contributed by atoms with E-state index in [-0.39, 0.29) is 21.5 Å². The van der Waals surface area contributed by atoms with Gasteiger partial charge < -0.3 is 4.74 Å². The van der Waals surface area contributed by atoms with E-state index in [0.29, 0.717) is 5.56 Å². The lowest BCUT2D eigenvalue weighted by molar-refractivity contribution is -0.385. The molecule has 2 rings (SSSR count). The van der Waals surface area contributed by atoms with Crippen LogP contribution < -0.4 is 0 Å². The number of hydrogen-bond acceptors (Lipinski definition) is 4. The van der Waals surface area contributed by atoms with Crippen LogP contribution in [0.4, 0.5) is 10.1 Å². The molecule has 2 aromatic rings. The van der Waals surface area contributed by atoms with Gasteiger partial charge in [-0.05, 0) is 52.7 Å². The zero-order chi connectivity index (χ0) is 16.3. The number of hydrogen-bond donors (Lipinski definition) is 0. The van der Waals surface area contributed by atoms with E-state index in [1.54, 1.807) is 6.92 Å². The van der Waals surface area contributed by atoms with Gasteiger partial charge in [-0.1, -0.05) is 12.1 Å². The van der Waals surface area contributed by atoms with Crippen LogP contribution in [0.15, 0.2) is 46.9 Å². The highest BCUT2D eigenvalue weighted by Gasteiger charge is 2.19. The average Bonchev–Trinajstić information content (AvgIpc) is 2.47. The Morgan fingerprint density at radius 1 is 1.27 bits per heavy atom. The molecule has 0 spiro atoms. The van der Waals surface area contributed by atoms with Gasteiger partial charge in [0.25, 0.3) is 5.69 Å². The normalized spacial score (nSPS) is 11.8. The van der Waals surface area contributed by atoms with Gasteiger partial charge in [0.15, 0.2) is 0 Å². The fourth-order valence-electron chi connectivity index (χ4n) is 1.81. The van der Waals surface area contributed by atoms with E-state index < -0.39 is 17.0 Å². The molecule has 0 fully saturated rings. The number of nitro groups is 1. The van der Waals surface area contributed by atoms with E-state index in [0.717, 1.165) is 6.07 Å². The molecule has 0 saturated carbocycles. The van der Waals surface area contributed by atoms with Gasteiger partial charge in [-0.25, -0.2) is 9.18 Å². The summed E-state index contributed by atoms with van der Waals surface area (Å²) in [6, 6.07) is 9.54. The second-order valence-electron chi connectivity index (χ2n) is 4.52. The van der Waals surface area contributed by atoms with Gasteiger partial charge in [0, 0.05) is 6.07 Å². The summed E-state index contributed by atoms with van der Waals surface area (Å²) in [5, 5.41) is 10.9. The van der Waals surface area contributed by atoms with Crippen LogP contribution in [0.5, 0.6) is 0 Å². The molecule has 0 heterocycles. The van der Waals surface area contributed by atoms with Gasteiger partial charge in [0.1, 0.15) is 11.9 Å². The first-order valence-electron chi connectivity index (χ1n) is 6.29. The van der Waals surface area contributed by atoms with E-state index in [4.69, 9.17) is 4.74 Å². The molecule has 114 valence electrons. The van der Waals surface area contributed by atoms with Crippen LogP contribution in [0.2, 0.25) is 0 Å². The summed E-state index contributed by atoms with van der Waals surface area (Å²) >= 11 is 3.05. The maximum absolute atomic E-state index is 12.9. The molecular formula is C15H11BrFNO4. The molecule has 0 aliphatic carbocycles. The number of benzene rings is 2. The van der Waals surface area contributed by atoms with Crippen LogP contribution in [0.1, 0.15) is 28.9 Å². The van der Waals surface area contributed by atoms with Crippen molar-refractivity contribution in [2.24, 2.45) is 0 Å². The van der Waals surface area contributed by atoms with E-state index >= 15 is 0 Å². The Hall–Kier alpha value is -2.28. The van der Waals surface area contributed by atoms with Crippen molar-refractivity contribution in [3.05, 3.63) is 74.0 Å². The minimum Gasteiger partial charge on any atom is -0.454 e. The van der Waals surface area contributed by atoms with Crippen LogP contribution in [0, 0.1) is 15.9 Å². The van der Waals surface area contributed by atoms with Crippen molar-refractivity contribution in [1.29, 1.82) is 0 Å². The summed E-state index contributed by atoms with van der Waals surface area (Å²) in [5.74, 6) is -1.07. The van der Waals surface area contributed by atoms with Crippen molar-refractivity contribution in [3.8, 4) is 0 Å². The summed E-state index contributed by atoms with van der Waals surface area (Å²) in [6.45, 7) is 1.64. The molecular weight excluding hydrogens is 357 g/mol. The van der Waals surface area contributed by atoms with Crippen LogP contribution in [0.25, 0.3) is 0 Å². The largest absolute Gasteiger partial charge is 0.454 e. The Morgan fingerprint density at radius 3 is 2.50 bits per heavy atom. The molecule has 22 heavy (non-hydrogen) atoms. The van der Waals surface area contributed by atoms with Gasteiger partial charge in [0.2, 0.25) is 0 Å². The minimum absolute atomic E-state index is 0.0730. The Labute approximate surface area is 134 Å². The van der Waals surface area contributed by atoms with Gasteiger partial charge in [0.05, 0.1) is 15.0 Å². The summed E-state index contributed by atoms with van der Waals surface area (Å²) in [7, 11) is 0. The Morgan fingerprint density at radius 2 is 1.91 bits per heavy atom. The van der Waals surface area contributed by atoms with Crippen molar-refractivity contribution in [1.82, 2.24) is 0 Å². The third-order valence-corrected chi connectivity index (χ3v) is 3.67. The smallest absolute Gasteiger partial charge is 0.338 e. The van der Waals surface area contributed by atoms with Crippen LogP contribution in [-0.4, -0.2) is 10.9 Å². The Bertz CT molecular complexity index is 718. The van der Waals surface area contributed by atoms with Crippen molar-refractivity contribution in [2.75, 3.05) is 0 Å². The molecule has 0 aliphatic heterocycles. The number of carbonyl (C=O) groups excluding carboxylic acids is 1. The fourth-order valence-corrected chi connectivity index (χ4v) is 2.20. The number of ether oxygens (including phenoxy) is 1. The lowest BCUT2D eigenvalue weighted by atomic mass is 10.1. The maximum Gasteiger partial charge on any atom is 0.338 e. The molecule has 0 aliphatic rings. The van der Waals surface area contributed by atoms with Gasteiger partial charge in [-0.15, -0.1) is 0 Å². The minimum atomic E-state index is -0.688. The van der Waals surface area contributed by atoms with Crippen molar-refractivity contribution < 1.29 is 18.8 Å². The topological polar surface area (TPSA) is 69.4 Å². The van der Waals surface area contributed by atoms with Crippen LogP contribution in [-0.2, 0) is 4.74 Å². The Kier molecular flexibility index (Phi) is 4.87. The molecule has 1 unspecified atom stereocenters. The molecule has 5 nitrogen and oxygen atoms in total. The molecule has 1 atom stereocenters. The lowest BCUT2D eigenvalue weighted by Gasteiger charge is -2.13. The fraction of sp³-hybridized carbons (Fsp3) is 0.133.